The van der Waals surface area contributed by atoms with Crippen molar-refractivity contribution in [3.05, 3.63) is 35.4 Å². The van der Waals surface area contributed by atoms with E-state index in [-0.39, 0.29) is 6.04 Å². The highest BCUT2D eigenvalue weighted by Gasteiger charge is 2.40. The summed E-state index contributed by atoms with van der Waals surface area (Å²) in [5.74, 6) is 0. The van der Waals surface area contributed by atoms with Crippen LogP contribution in [0.1, 0.15) is 43.4 Å². The molecule has 0 saturated carbocycles. The van der Waals surface area contributed by atoms with E-state index in [9.17, 15) is 5.11 Å². The van der Waals surface area contributed by atoms with Gasteiger partial charge in [0.25, 0.3) is 0 Å². The highest BCUT2D eigenvalue weighted by molar-refractivity contribution is 5.34. The summed E-state index contributed by atoms with van der Waals surface area (Å²) < 4.78 is 0. The summed E-state index contributed by atoms with van der Waals surface area (Å²) in [6.07, 6.45) is 3.93. The molecule has 2 atom stereocenters. The first-order valence-corrected chi connectivity index (χ1v) is 7.99. The van der Waals surface area contributed by atoms with Gasteiger partial charge < -0.3 is 15.3 Å². The molecule has 3 nitrogen and oxygen atoms in total. The van der Waals surface area contributed by atoms with Gasteiger partial charge in [-0.15, -0.1) is 0 Å². The van der Waals surface area contributed by atoms with Gasteiger partial charge in [0.1, 0.15) is 0 Å². The molecular formula is C17H26N2O. The molecule has 0 bridgehead atoms. The summed E-state index contributed by atoms with van der Waals surface area (Å²) in [4.78, 5) is 2.45. The molecule has 1 saturated heterocycles. The van der Waals surface area contributed by atoms with E-state index in [1.165, 1.54) is 11.1 Å². The Balaban J connectivity index is 1.85. The molecular weight excluding hydrogens is 248 g/mol. The predicted octanol–water partition coefficient (Wildman–Crippen LogP) is 2.11. The predicted molar refractivity (Wildman–Crippen MR) is 81.8 cm³/mol. The zero-order valence-corrected chi connectivity index (χ0v) is 12.4. The molecule has 0 aromatic heterocycles. The summed E-state index contributed by atoms with van der Waals surface area (Å²) in [5, 5.41) is 14.8. The summed E-state index contributed by atoms with van der Waals surface area (Å²) in [6.45, 7) is 6.39. The van der Waals surface area contributed by atoms with Crippen LogP contribution in [0.4, 0.5) is 0 Å². The van der Waals surface area contributed by atoms with E-state index in [1.807, 2.05) is 0 Å². The van der Waals surface area contributed by atoms with Gasteiger partial charge in [-0.05, 0) is 56.4 Å². The Morgan fingerprint density at radius 1 is 1.30 bits per heavy atom. The molecule has 0 radical (unpaired) electrons. The lowest BCUT2D eigenvalue weighted by atomic mass is 9.79. The van der Waals surface area contributed by atoms with E-state index < -0.39 is 5.60 Å². The minimum Gasteiger partial charge on any atom is -0.388 e. The molecule has 0 aliphatic carbocycles. The van der Waals surface area contributed by atoms with E-state index in [0.29, 0.717) is 0 Å². The van der Waals surface area contributed by atoms with Crippen LogP contribution in [0.25, 0.3) is 0 Å². The second kappa shape index (κ2) is 5.84. The van der Waals surface area contributed by atoms with E-state index in [4.69, 9.17) is 0 Å². The maximum atomic E-state index is 11.2. The number of nitrogens with zero attached hydrogens (tertiary/aromatic N) is 1. The van der Waals surface area contributed by atoms with Crippen molar-refractivity contribution < 1.29 is 5.11 Å². The van der Waals surface area contributed by atoms with Crippen LogP contribution >= 0.6 is 0 Å². The molecule has 1 aromatic carbocycles. The summed E-state index contributed by atoms with van der Waals surface area (Å²) in [5.41, 5.74) is 2.12. The minimum atomic E-state index is -0.597. The Morgan fingerprint density at radius 3 is 3.00 bits per heavy atom. The summed E-state index contributed by atoms with van der Waals surface area (Å²) in [6, 6.07) is 8.70. The molecule has 0 amide bonds. The van der Waals surface area contributed by atoms with Crippen molar-refractivity contribution in [2.75, 3.05) is 26.2 Å². The van der Waals surface area contributed by atoms with Crippen LogP contribution in [-0.4, -0.2) is 41.8 Å². The minimum absolute atomic E-state index is 0.101. The number of rotatable bonds is 2. The van der Waals surface area contributed by atoms with Gasteiger partial charge in [0, 0.05) is 6.54 Å². The molecule has 1 fully saturated rings. The Hall–Kier alpha value is -0.900. The Morgan fingerprint density at radius 2 is 2.15 bits per heavy atom. The molecule has 2 N–H and O–H groups in total. The maximum Gasteiger partial charge on any atom is 0.0854 e. The lowest BCUT2D eigenvalue weighted by Crippen LogP contribution is -2.47. The summed E-state index contributed by atoms with van der Waals surface area (Å²) in [7, 11) is 0. The van der Waals surface area contributed by atoms with Gasteiger partial charge in [0.05, 0.1) is 11.6 Å². The smallest absolute Gasteiger partial charge is 0.0854 e. The fourth-order valence-electron chi connectivity index (χ4n) is 3.79. The fraction of sp³-hybridized carbons (Fsp3) is 0.647. The van der Waals surface area contributed by atoms with Crippen molar-refractivity contribution >= 4 is 0 Å². The van der Waals surface area contributed by atoms with E-state index in [1.54, 1.807) is 0 Å². The summed E-state index contributed by atoms with van der Waals surface area (Å²) >= 11 is 0. The van der Waals surface area contributed by atoms with Gasteiger partial charge in [0.2, 0.25) is 0 Å². The Labute approximate surface area is 122 Å². The van der Waals surface area contributed by atoms with Crippen LogP contribution in [0.5, 0.6) is 0 Å². The van der Waals surface area contributed by atoms with Gasteiger partial charge >= 0.3 is 0 Å². The second-order valence-corrected chi connectivity index (χ2v) is 6.23. The van der Waals surface area contributed by atoms with E-state index >= 15 is 0 Å². The highest BCUT2D eigenvalue weighted by Crippen LogP contribution is 2.38. The van der Waals surface area contributed by atoms with Gasteiger partial charge in [0.15, 0.2) is 0 Å². The van der Waals surface area contributed by atoms with E-state index in [2.05, 4.69) is 41.4 Å². The van der Waals surface area contributed by atoms with Crippen LogP contribution in [-0.2, 0) is 6.42 Å². The number of fused-ring (bicyclic) bond motifs is 1. The van der Waals surface area contributed by atoms with Crippen molar-refractivity contribution in [3.63, 3.8) is 0 Å². The first-order chi connectivity index (χ1) is 9.73. The SMILES string of the molecule is CCN1CCCC(O)(C2NCCc3ccccc32)CC1. The standard InChI is InChI=1S/C17H26N2O/c1-2-19-12-5-9-17(20,10-13-19)16-15-7-4-3-6-14(15)8-11-18-16/h3-4,6-7,16,18,20H,2,5,8-13H2,1H3. The number of likely N-dealkylation sites (tertiary alicyclic amines) is 1. The van der Waals surface area contributed by atoms with Gasteiger partial charge in [-0.25, -0.2) is 0 Å². The first kappa shape index (κ1) is 14.1. The number of hydrogen-bond donors (Lipinski definition) is 2. The number of aliphatic hydroxyl groups is 1. The van der Waals surface area contributed by atoms with Crippen LogP contribution < -0.4 is 5.32 Å². The molecule has 2 heterocycles. The third kappa shape index (κ3) is 2.62. The van der Waals surface area contributed by atoms with Crippen LogP contribution in [0, 0.1) is 0 Å². The zero-order chi connectivity index (χ0) is 14.0. The second-order valence-electron chi connectivity index (χ2n) is 6.23. The fourth-order valence-corrected chi connectivity index (χ4v) is 3.79. The lowest BCUT2D eigenvalue weighted by molar-refractivity contribution is -0.0147. The molecule has 3 rings (SSSR count). The first-order valence-electron chi connectivity index (χ1n) is 7.99. The van der Waals surface area contributed by atoms with Crippen molar-refractivity contribution in [2.24, 2.45) is 0 Å². The van der Waals surface area contributed by atoms with Gasteiger partial charge in [-0.2, -0.15) is 0 Å². The number of benzene rings is 1. The van der Waals surface area contributed by atoms with Crippen LogP contribution in [0.15, 0.2) is 24.3 Å². The Kier molecular flexibility index (Phi) is 4.11. The third-order valence-corrected chi connectivity index (χ3v) is 5.04. The van der Waals surface area contributed by atoms with Crippen molar-refractivity contribution in [2.45, 2.75) is 44.2 Å². The molecule has 0 spiro atoms. The number of hydrogen-bond acceptors (Lipinski definition) is 3. The third-order valence-electron chi connectivity index (χ3n) is 5.04. The molecule has 110 valence electrons. The zero-order valence-electron chi connectivity index (χ0n) is 12.4. The normalized spacial score (nSPS) is 31.6. The molecule has 2 unspecified atom stereocenters. The average Bonchev–Trinajstić information content (AvgIpc) is 2.69. The highest BCUT2D eigenvalue weighted by atomic mass is 16.3. The van der Waals surface area contributed by atoms with Crippen molar-refractivity contribution in [1.82, 2.24) is 10.2 Å². The van der Waals surface area contributed by atoms with E-state index in [0.717, 1.165) is 51.9 Å². The molecule has 20 heavy (non-hydrogen) atoms. The lowest BCUT2D eigenvalue weighted by Gasteiger charge is -2.40. The topological polar surface area (TPSA) is 35.5 Å². The quantitative estimate of drug-likeness (QED) is 0.867. The number of nitrogens with one attached hydrogen (secondary N) is 1. The van der Waals surface area contributed by atoms with Crippen LogP contribution in [0.3, 0.4) is 0 Å². The maximum absolute atomic E-state index is 11.2. The molecule has 1 aromatic rings. The van der Waals surface area contributed by atoms with Crippen molar-refractivity contribution in [1.29, 1.82) is 0 Å². The molecule has 2 aliphatic heterocycles. The van der Waals surface area contributed by atoms with Crippen molar-refractivity contribution in [3.8, 4) is 0 Å². The van der Waals surface area contributed by atoms with Crippen LogP contribution in [0.2, 0.25) is 0 Å². The molecule has 2 aliphatic rings. The Bertz CT molecular complexity index is 462. The van der Waals surface area contributed by atoms with Gasteiger partial charge in [-0.1, -0.05) is 31.2 Å². The monoisotopic (exact) mass is 274 g/mol. The largest absolute Gasteiger partial charge is 0.388 e. The average molecular weight is 274 g/mol. The molecule has 3 heteroatoms. The van der Waals surface area contributed by atoms with Gasteiger partial charge in [-0.3, -0.25) is 0 Å².